The maximum Gasteiger partial charge on any atom is 0.264 e. The van der Waals surface area contributed by atoms with Gasteiger partial charge in [0.1, 0.15) is 18.3 Å². The number of anilines is 1. The van der Waals surface area contributed by atoms with Gasteiger partial charge in [0.25, 0.3) is 10.0 Å². The zero-order chi connectivity index (χ0) is 31.7. The molecule has 0 aliphatic rings. The lowest BCUT2D eigenvalue weighted by Gasteiger charge is -2.34. The molecule has 4 rings (SSSR count). The van der Waals surface area contributed by atoms with Crippen molar-refractivity contribution in [2.75, 3.05) is 24.5 Å². The lowest BCUT2D eigenvalue weighted by atomic mass is 10.0. The number of hydrogen-bond donors (Lipinski definition) is 1. The lowest BCUT2D eigenvalue weighted by molar-refractivity contribution is -0.140. The van der Waals surface area contributed by atoms with Crippen molar-refractivity contribution < 1.29 is 22.7 Å². The number of rotatable bonds is 13. The third kappa shape index (κ3) is 7.78. The number of likely N-dealkylation sites (N-methyl/N-ethyl adjacent to an activating group) is 1. The second-order valence-electron chi connectivity index (χ2n) is 10.2. The normalized spacial score (nSPS) is 11.8. The summed E-state index contributed by atoms with van der Waals surface area (Å²) in [5, 5.41) is 3.27. The van der Waals surface area contributed by atoms with E-state index in [1.807, 2.05) is 37.3 Å². The van der Waals surface area contributed by atoms with Gasteiger partial charge in [0, 0.05) is 24.5 Å². The first-order valence-corrected chi connectivity index (χ1v) is 16.0. The number of amides is 2. The Morgan fingerprint density at radius 1 is 0.886 bits per heavy atom. The molecule has 230 valence electrons. The van der Waals surface area contributed by atoms with Crippen molar-refractivity contribution in [1.29, 1.82) is 0 Å². The average molecular weight is 634 g/mol. The molecule has 8 nitrogen and oxygen atoms in total. The molecule has 1 N–H and O–H groups in total. The third-order valence-corrected chi connectivity index (χ3v) is 9.31. The topological polar surface area (TPSA) is 96.0 Å². The fourth-order valence-corrected chi connectivity index (χ4v) is 6.46. The minimum absolute atomic E-state index is 0.0164. The van der Waals surface area contributed by atoms with Gasteiger partial charge in [-0.2, -0.15) is 0 Å². The highest BCUT2D eigenvalue weighted by Crippen LogP contribution is 2.33. The number of benzene rings is 4. The molecule has 0 aromatic heterocycles. The maximum absolute atomic E-state index is 14.5. The molecular formula is C34H36ClN3O5S. The third-order valence-electron chi connectivity index (χ3n) is 7.16. The summed E-state index contributed by atoms with van der Waals surface area (Å²) in [5.41, 5.74) is 2.55. The van der Waals surface area contributed by atoms with Crippen molar-refractivity contribution in [3.05, 3.63) is 125 Å². The Balaban J connectivity index is 1.83. The SMILES string of the molecule is CCNC(=O)[C@@H](Cc1ccccc1)N(Cc1ccccc1Cl)C(=O)CN(c1ccccc1OC)S(=O)(=O)c1ccc(C)cc1. The van der Waals surface area contributed by atoms with Gasteiger partial charge in [-0.3, -0.25) is 13.9 Å². The number of carbonyl (C=O) groups excluding carboxylic acids is 2. The van der Waals surface area contributed by atoms with Crippen LogP contribution in [0.15, 0.2) is 108 Å². The highest BCUT2D eigenvalue weighted by Gasteiger charge is 2.35. The van der Waals surface area contributed by atoms with Gasteiger partial charge in [0.15, 0.2) is 0 Å². The Morgan fingerprint density at radius 3 is 2.18 bits per heavy atom. The van der Waals surface area contributed by atoms with E-state index in [2.05, 4.69) is 5.32 Å². The summed E-state index contributed by atoms with van der Waals surface area (Å²) in [7, 11) is -2.81. The Morgan fingerprint density at radius 2 is 1.52 bits per heavy atom. The number of nitrogens with zero attached hydrogens (tertiary/aromatic N) is 2. The van der Waals surface area contributed by atoms with Gasteiger partial charge in [-0.25, -0.2) is 8.42 Å². The van der Waals surface area contributed by atoms with Crippen molar-refractivity contribution >= 4 is 39.1 Å². The highest BCUT2D eigenvalue weighted by molar-refractivity contribution is 7.92. The predicted octanol–water partition coefficient (Wildman–Crippen LogP) is 5.63. The number of aryl methyl sites for hydroxylation is 1. The number of sulfonamides is 1. The zero-order valence-corrected chi connectivity index (χ0v) is 26.5. The number of hydrogen-bond acceptors (Lipinski definition) is 5. The van der Waals surface area contributed by atoms with Crippen LogP contribution >= 0.6 is 11.6 Å². The van der Waals surface area contributed by atoms with E-state index in [0.29, 0.717) is 17.1 Å². The summed E-state index contributed by atoms with van der Waals surface area (Å²) in [6, 6.07) is 28.5. The smallest absolute Gasteiger partial charge is 0.264 e. The fraction of sp³-hybridized carbons (Fsp3) is 0.235. The minimum atomic E-state index is -4.25. The molecule has 44 heavy (non-hydrogen) atoms. The second kappa shape index (κ2) is 14.9. The first-order chi connectivity index (χ1) is 21.1. The number of ether oxygens (including phenoxy) is 1. The molecule has 0 unspecified atom stereocenters. The Kier molecular flexibility index (Phi) is 11.0. The number of nitrogens with one attached hydrogen (secondary N) is 1. The van der Waals surface area contributed by atoms with E-state index in [1.54, 1.807) is 67.6 Å². The average Bonchev–Trinajstić information content (AvgIpc) is 3.03. The summed E-state index contributed by atoms with van der Waals surface area (Å²) in [4.78, 5) is 29.5. The largest absolute Gasteiger partial charge is 0.495 e. The van der Waals surface area contributed by atoms with Crippen molar-refractivity contribution in [2.24, 2.45) is 0 Å². The molecule has 0 fully saturated rings. The number of carbonyl (C=O) groups is 2. The molecule has 10 heteroatoms. The molecule has 4 aromatic carbocycles. The minimum Gasteiger partial charge on any atom is -0.495 e. The summed E-state index contributed by atoms with van der Waals surface area (Å²) in [6.07, 6.45) is 0.211. The van der Waals surface area contributed by atoms with E-state index < -0.39 is 28.5 Å². The standard InChI is InChI=1S/C34H36ClN3O5S/c1-4-36-34(40)31(22-26-12-6-5-7-13-26)37(23-27-14-8-9-15-29(27)35)33(39)24-38(30-16-10-11-17-32(30)43-3)44(41,42)28-20-18-25(2)19-21-28/h5-21,31H,4,22-24H2,1-3H3,(H,36,40)/t31-/m1/s1. The van der Waals surface area contributed by atoms with Gasteiger partial charge in [-0.1, -0.05) is 90.0 Å². The quantitative estimate of drug-likeness (QED) is 0.206. The van der Waals surface area contributed by atoms with Gasteiger partial charge in [-0.05, 0) is 55.3 Å². The van der Waals surface area contributed by atoms with E-state index in [1.165, 1.54) is 24.1 Å². The number of methoxy groups -OCH3 is 1. The molecule has 1 atom stereocenters. The zero-order valence-electron chi connectivity index (χ0n) is 24.9. The fourth-order valence-electron chi connectivity index (χ4n) is 4.84. The number of para-hydroxylation sites is 2. The van der Waals surface area contributed by atoms with Crippen LogP contribution in [0.5, 0.6) is 5.75 Å². The van der Waals surface area contributed by atoms with E-state index in [9.17, 15) is 18.0 Å². The Bertz CT molecular complexity index is 1680. The van der Waals surface area contributed by atoms with Crippen molar-refractivity contribution in [1.82, 2.24) is 10.2 Å². The molecule has 0 spiro atoms. The van der Waals surface area contributed by atoms with Gasteiger partial charge in [-0.15, -0.1) is 0 Å². The van der Waals surface area contributed by atoms with Crippen LogP contribution in [0, 0.1) is 6.92 Å². The predicted molar refractivity (Wildman–Crippen MR) is 173 cm³/mol. The molecule has 2 amide bonds. The molecule has 0 aliphatic heterocycles. The Labute approximate surface area is 264 Å². The van der Waals surface area contributed by atoms with Gasteiger partial charge in [0.2, 0.25) is 11.8 Å². The van der Waals surface area contributed by atoms with E-state index in [-0.39, 0.29) is 35.2 Å². The van der Waals surface area contributed by atoms with Crippen molar-refractivity contribution in [3.63, 3.8) is 0 Å². The van der Waals surface area contributed by atoms with Crippen LogP contribution in [0.4, 0.5) is 5.69 Å². The monoisotopic (exact) mass is 633 g/mol. The second-order valence-corrected chi connectivity index (χ2v) is 12.5. The lowest BCUT2D eigenvalue weighted by Crippen LogP contribution is -2.53. The van der Waals surface area contributed by atoms with E-state index >= 15 is 0 Å². The first kappa shape index (κ1) is 32.6. The van der Waals surface area contributed by atoms with Crippen LogP contribution in [0.2, 0.25) is 5.02 Å². The summed E-state index contributed by atoms with van der Waals surface area (Å²) in [6.45, 7) is 3.41. The molecule has 0 aliphatic carbocycles. The van der Waals surface area contributed by atoms with E-state index in [4.69, 9.17) is 16.3 Å². The molecular weight excluding hydrogens is 598 g/mol. The first-order valence-electron chi connectivity index (χ1n) is 14.2. The highest BCUT2D eigenvalue weighted by atomic mass is 35.5. The molecule has 0 saturated heterocycles. The van der Waals surface area contributed by atoms with Crippen LogP contribution in [0.3, 0.4) is 0 Å². The maximum atomic E-state index is 14.5. The summed E-state index contributed by atoms with van der Waals surface area (Å²) >= 11 is 6.52. The van der Waals surface area contributed by atoms with Gasteiger partial charge >= 0.3 is 0 Å². The van der Waals surface area contributed by atoms with Gasteiger partial charge < -0.3 is 15.0 Å². The molecule has 0 saturated carbocycles. The molecule has 0 bridgehead atoms. The summed E-state index contributed by atoms with van der Waals surface area (Å²) in [5.74, 6) is -0.668. The summed E-state index contributed by atoms with van der Waals surface area (Å²) < 4.78 is 34.9. The molecule has 4 aromatic rings. The van der Waals surface area contributed by atoms with Crippen molar-refractivity contribution in [2.45, 2.75) is 37.8 Å². The van der Waals surface area contributed by atoms with Crippen LogP contribution in [-0.2, 0) is 32.6 Å². The van der Waals surface area contributed by atoms with Crippen LogP contribution < -0.4 is 14.4 Å². The van der Waals surface area contributed by atoms with Crippen LogP contribution in [-0.4, -0.2) is 51.4 Å². The van der Waals surface area contributed by atoms with Crippen LogP contribution in [0.25, 0.3) is 0 Å². The van der Waals surface area contributed by atoms with E-state index in [0.717, 1.165) is 15.4 Å². The molecule has 0 radical (unpaired) electrons. The Hall–Kier alpha value is -4.34. The number of halogens is 1. The van der Waals surface area contributed by atoms with Gasteiger partial charge in [0.05, 0.1) is 17.7 Å². The van der Waals surface area contributed by atoms with Crippen LogP contribution in [0.1, 0.15) is 23.6 Å². The van der Waals surface area contributed by atoms with Crippen molar-refractivity contribution in [3.8, 4) is 5.75 Å². The molecule has 0 heterocycles.